The lowest BCUT2D eigenvalue weighted by Gasteiger charge is -2.28. The maximum atomic E-state index is 12.4. The quantitative estimate of drug-likeness (QED) is 0.612. The number of nitrogens with one attached hydrogen (secondary N) is 1. The molecule has 7 nitrogen and oxygen atoms in total. The molecular formula is C18H27N3O4. The largest absolute Gasteiger partial charge is 0.391 e. The van der Waals surface area contributed by atoms with Crippen LogP contribution in [0.3, 0.4) is 0 Å². The van der Waals surface area contributed by atoms with Crippen LogP contribution in [0.15, 0.2) is 10.6 Å². The van der Waals surface area contributed by atoms with E-state index in [1.54, 1.807) is 6.07 Å². The van der Waals surface area contributed by atoms with Crippen molar-refractivity contribution in [3.8, 4) is 0 Å². The molecule has 2 fully saturated rings. The van der Waals surface area contributed by atoms with Gasteiger partial charge in [-0.05, 0) is 44.4 Å². The van der Waals surface area contributed by atoms with Crippen LogP contribution >= 0.6 is 0 Å². The molecule has 0 spiro atoms. The summed E-state index contributed by atoms with van der Waals surface area (Å²) < 4.78 is 5.25. The van der Waals surface area contributed by atoms with Crippen LogP contribution in [0.25, 0.3) is 0 Å². The van der Waals surface area contributed by atoms with Crippen LogP contribution in [0.5, 0.6) is 0 Å². The summed E-state index contributed by atoms with van der Waals surface area (Å²) in [5, 5.41) is 16.3. The summed E-state index contributed by atoms with van der Waals surface area (Å²) in [6.07, 6.45) is 5.53. The summed E-state index contributed by atoms with van der Waals surface area (Å²) in [4.78, 5) is 24.1. The second-order valence-corrected chi connectivity index (χ2v) is 7.39. The highest BCUT2D eigenvalue weighted by molar-refractivity contribution is 5.94. The van der Waals surface area contributed by atoms with Gasteiger partial charge in [-0.2, -0.15) is 0 Å². The number of aromatic nitrogens is 1. The van der Waals surface area contributed by atoms with Gasteiger partial charge in [0.25, 0.3) is 0 Å². The molecular weight excluding hydrogens is 322 g/mol. The second kappa shape index (κ2) is 8.10. The Labute approximate surface area is 147 Å². The van der Waals surface area contributed by atoms with Gasteiger partial charge in [-0.25, -0.2) is 0 Å². The van der Waals surface area contributed by atoms with E-state index in [4.69, 9.17) is 10.3 Å². The fourth-order valence-corrected chi connectivity index (χ4v) is 3.44. The van der Waals surface area contributed by atoms with Crippen LogP contribution in [0.2, 0.25) is 0 Å². The van der Waals surface area contributed by atoms with Crippen molar-refractivity contribution in [1.29, 1.82) is 0 Å². The van der Waals surface area contributed by atoms with Gasteiger partial charge >= 0.3 is 0 Å². The van der Waals surface area contributed by atoms with Crippen molar-refractivity contribution in [2.75, 3.05) is 6.54 Å². The number of hydrogen-bond acceptors (Lipinski definition) is 6. The predicted molar refractivity (Wildman–Crippen MR) is 91.0 cm³/mol. The zero-order valence-corrected chi connectivity index (χ0v) is 14.4. The molecule has 7 heteroatoms. The number of aliphatic hydroxyl groups excluding tert-OH is 1. The van der Waals surface area contributed by atoms with Crippen molar-refractivity contribution in [3.05, 3.63) is 17.5 Å². The van der Waals surface area contributed by atoms with Crippen molar-refractivity contribution in [2.45, 2.75) is 69.4 Å². The molecule has 0 bridgehead atoms. The van der Waals surface area contributed by atoms with Crippen LogP contribution in [0.4, 0.5) is 0 Å². The van der Waals surface area contributed by atoms with Gasteiger partial charge in [0.2, 0.25) is 5.91 Å². The molecule has 0 unspecified atom stereocenters. The number of nitrogens with zero attached hydrogens (tertiary/aromatic N) is 1. The first-order valence-electron chi connectivity index (χ1n) is 9.22. The fraction of sp³-hybridized carbons (Fsp3) is 0.722. The number of hydrogen-bond donors (Lipinski definition) is 3. The Morgan fingerprint density at radius 1 is 1.28 bits per heavy atom. The summed E-state index contributed by atoms with van der Waals surface area (Å²) in [5.74, 6) is 1.53. The van der Waals surface area contributed by atoms with Gasteiger partial charge in [0, 0.05) is 31.0 Å². The molecule has 3 rings (SSSR count). The summed E-state index contributed by atoms with van der Waals surface area (Å²) in [6, 6.07) is 1.92. The Kier molecular flexibility index (Phi) is 5.86. The van der Waals surface area contributed by atoms with Crippen molar-refractivity contribution in [2.24, 2.45) is 11.7 Å². The Hall–Kier alpha value is -1.73. The van der Waals surface area contributed by atoms with Crippen LogP contribution in [0.1, 0.15) is 73.5 Å². The van der Waals surface area contributed by atoms with Gasteiger partial charge in [0.05, 0.1) is 12.5 Å². The number of aliphatic hydroxyl groups is 1. The molecule has 2 saturated carbocycles. The first kappa shape index (κ1) is 18.1. The van der Waals surface area contributed by atoms with Crippen molar-refractivity contribution < 1.29 is 19.2 Å². The minimum atomic E-state index is -0.781. The van der Waals surface area contributed by atoms with E-state index in [-0.39, 0.29) is 30.7 Å². The Bertz CT molecular complexity index is 603. The molecule has 1 amide bonds. The molecule has 138 valence electrons. The van der Waals surface area contributed by atoms with Crippen LogP contribution in [-0.4, -0.2) is 40.6 Å². The number of carbonyl (C=O) groups excluding carboxylic acids is 2. The third kappa shape index (κ3) is 5.12. The lowest BCUT2D eigenvalue weighted by Crippen LogP contribution is -2.40. The Morgan fingerprint density at radius 2 is 2.00 bits per heavy atom. The van der Waals surface area contributed by atoms with Gasteiger partial charge in [-0.1, -0.05) is 5.16 Å². The smallest absolute Gasteiger partial charge is 0.222 e. The molecule has 0 saturated heterocycles. The molecule has 0 aromatic carbocycles. The van der Waals surface area contributed by atoms with Crippen molar-refractivity contribution in [3.63, 3.8) is 0 Å². The zero-order valence-electron chi connectivity index (χ0n) is 14.4. The van der Waals surface area contributed by atoms with E-state index in [1.807, 2.05) is 0 Å². The van der Waals surface area contributed by atoms with Crippen molar-refractivity contribution >= 4 is 11.7 Å². The number of nitrogens with two attached hydrogens (primary N) is 1. The molecule has 2 aliphatic rings. The Morgan fingerprint density at radius 3 is 2.64 bits per heavy atom. The third-order valence-corrected chi connectivity index (χ3v) is 5.17. The SMILES string of the molecule is NC[C@H](O)CC(=O)NC1CCC(CC(=O)c2cc(C3CC3)on2)CC1. The lowest BCUT2D eigenvalue weighted by atomic mass is 9.82. The Balaban J connectivity index is 1.39. The number of rotatable bonds is 8. The van der Waals surface area contributed by atoms with Gasteiger partial charge in [-0.3, -0.25) is 9.59 Å². The van der Waals surface area contributed by atoms with E-state index in [9.17, 15) is 14.7 Å². The van der Waals surface area contributed by atoms with Gasteiger partial charge in [0.1, 0.15) is 11.5 Å². The molecule has 1 aromatic heterocycles. The van der Waals surface area contributed by atoms with Crippen molar-refractivity contribution in [1.82, 2.24) is 10.5 Å². The minimum absolute atomic E-state index is 0.0460. The van der Waals surface area contributed by atoms with Gasteiger partial charge < -0.3 is 20.7 Å². The highest BCUT2D eigenvalue weighted by Gasteiger charge is 2.30. The topological polar surface area (TPSA) is 118 Å². The van der Waals surface area contributed by atoms with Crippen LogP contribution in [-0.2, 0) is 4.79 Å². The van der Waals surface area contributed by atoms with Gasteiger partial charge in [-0.15, -0.1) is 0 Å². The van der Waals surface area contributed by atoms with E-state index in [2.05, 4.69) is 10.5 Å². The summed E-state index contributed by atoms with van der Waals surface area (Å²) in [5.41, 5.74) is 5.77. The highest BCUT2D eigenvalue weighted by Crippen LogP contribution is 2.40. The third-order valence-electron chi connectivity index (χ3n) is 5.17. The summed E-state index contributed by atoms with van der Waals surface area (Å²) in [7, 11) is 0. The summed E-state index contributed by atoms with van der Waals surface area (Å²) in [6.45, 7) is 0.0901. The number of Topliss-reactive ketones (excluding diaryl/α,β-unsaturated/α-hetero) is 1. The van der Waals surface area contributed by atoms with Gasteiger partial charge in [0.15, 0.2) is 5.78 Å². The standard InChI is InChI=1S/C18H27N3O4/c19-10-14(22)8-18(24)20-13-5-1-11(2-6-13)7-16(23)15-9-17(25-21-15)12-3-4-12/h9,11-14,22H,1-8,10,19H2,(H,20,24)/t11?,13?,14-/m1/s1. The molecule has 0 aliphatic heterocycles. The lowest BCUT2D eigenvalue weighted by molar-refractivity contribution is -0.123. The average Bonchev–Trinajstić information content (AvgIpc) is 3.33. The normalized spacial score (nSPS) is 24.7. The minimum Gasteiger partial charge on any atom is -0.391 e. The maximum Gasteiger partial charge on any atom is 0.222 e. The maximum absolute atomic E-state index is 12.4. The molecule has 1 atom stereocenters. The summed E-state index contributed by atoms with van der Waals surface area (Å²) >= 11 is 0. The van der Waals surface area contributed by atoms with E-state index < -0.39 is 6.10 Å². The molecule has 4 N–H and O–H groups in total. The number of amides is 1. The van der Waals surface area contributed by atoms with E-state index in [1.165, 1.54) is 0 Å². The zero-order chi connectivity index (χ0) is 17.8. The molecule has 25 heavy (non-hydrogen) atoms. The first-order chi connectivity index (χ1) is 12.0. The van der Waals surface area contributed by atoms with E-state index >= 15 is 0 Å². The van der Waals surface area contributed by atoms with Crippen LogP contribution < -0.4 is 11.1 Å². The molecule has 1 aromatic rings. The second-order valence-electron chi connectivity index (χ2n) is 7.39. The first-order valence-corrected chi connectivity index (χ1v) is 9.22. The average molecular weight is 349 g/mol. The van der Waals surface area contributed by atoms with Crippen LogP contribution in [0, 0.1) is 5.92 Å². The number of carbonyl (C=O) groups is 2. The molecule has 1 heterocycles. The predicted octanol–water partition coefficient (Wildman–Crippen LogP) is 1.51. The number of ketones is 1. The monoisotopic (exact) mass is 349 g/mol. The van der Waals surface area contributed by atoms with E-state index in [0.717, 1.165) is 44.3 Å². The fourth-order valence-electron chi connectivity index (χ4n) is 3.44. The molecule has 0 radical (unpaired) electrons. The highest BCUT2D eigenvalue weighted by atomic mass is 16.5. The van der Waals surface area contributed by atoms with E-state index in [0.29, 0.717) is 24.0 Å². The molecule has 2 aliphatic carbocycles.